The van der Waals surface area contributed by atoms with Gasteiger partial charge in [-0.3, -0.25) is 14.9 Å². The smallest absolute Gasteiger partial charge is 0.313 e. The van der Waals surface area contributed by atoms with E-state index in [1.165, 1.54) is 25.3 Å². The Labute approximate surface area is 115 Å². The van der Waals surface area contributed by atoms with Gasteiger partial charge in [-0.1, -0.05) is 11.6 Å². The molecule has 0 saturated heterocycles. The third kappa shape index (κ3) is 3.02. The lowest BCUT2D eigenvalue weighted by Gasteiger charge is -2.29. The maximum Gasteiger partial charge on any atom is 0.313 e. The molecule has 0 bridgehead atoms. The van der Waals surface area contributed by atoms with Crippen LogP contribution < -0.4 is 5.73 Å². The second-order valence-corrected chi connectivity index (χ2v) is 5.06. The zero-order chi connectivity index (χ0) is 14.8. The largest absolute Gasteiger partial charge is 0.469 e. The van der Waals surface area contributed by atoms with Crippen LogP contribution in [-0.2, 0) is 9.53 Å². The van der Waals surface area contributed by atoms with Crippen LogP contribution in [0.4, 0.5) is 5.69 Å². The van der Waals surface area contributed by atoms with Crippen LogP contribution >= 0.6 is 11.6 Å². The lowest BCUT2D eigenvalue weighted by molar-refractivity contribution is -0.384. The molecule has 0 fully saturated rings. The summed E-state index contributed by atoms with van der Waals surface area (Å²) < 4.78 is 4.68. The highest BCUT2D eigenvalue weighted by Gasteiger charge is 2.38. The van der Waals surface area contributed by atoms with Crippen molar-refractivity contribution in [2.75, 3.05) is 7.11 Å². The molecular weight excluding hydrogens is 272 g/mol. The summed E-state index contributed by atoms with van der Waals surface area (Å²) in [6, 6.07) is 3.14. The minimum Gasteiger partial charge on any atom is -0.469 e. The fourth-order valence-corrected chi connectivity index (χ4v) is 1.90. The van der Waals surface area contributed by atoms with Gasteiger partial charge in [-0.25, -0.2) is 0 Å². The standard InChI is InChI=1S/C12H15ClN2O4/c1-12(2,11(16)19-3)10(14)8-6-7(15(17)18)4-5-9(8)13/h4-6,10H,14H2,1-3H3/t10-/m0/s1. The van der Waals surface area contributed by atoms with Crippen LogP contribution in [0, 0.1) is 15.5 Å². The summed E-state index contributed by atoms with van der Waals surface area (Å²) in [5, 5.41) is 11.0. The normalized spacial score (nSPS) is 12.9. The van der Waals surface area contributed by atoms with Gasteiger partial charge in [-0.05, 0) is 25.5 Å². The highest BCUT2D eigenvalue weighted by molar-refractivity contribution is 6.31. The van der Waals surface area contributed by atoms with Gasteiger partial charge in [-0.2, -0.15) is 0 Å². The molecule has 0 aliphatic rings. The predicted octanol–water partition coefficient (Wildman–Crippen LogP) is 2.45. The van der Waals surface area contributed by atoms with Crippen molar-refractivity contribution >= 4 is 23.3 Å². The van der Waals surface area contributed by atoms with E-state index in [0.29, 0.717) is 5.56 Å². The van der Waals surface area contributed by atoms with Gasteiger partial charge in [0.05, 0.1) is 17.4 Å². The van der Waals surface area contributed by atoms with E-state index in [4.69, 9.17) is 17.3 Å². The summed E-state index contributed by atoms with van der Waals surface area (Å²) in [6.07, 6.45) is 0. The maximum atomic E-state index is 11.7. The first-order chi connectivity index (χ1) is 8.71. The number of carbonyl (C=O) groups excluding carboxylic acids is 1. The molecule has 1 aromatic carbocycles. The molecule has 19 heavy (non-hydrogen) atoms. The van der Waals surface area contributed by atoms with E-state index in [2.05, 4.69) is 4.74 Å². The number of ether oxygens (including phenoxy) is 1. The Morgan fingerprint density at radius 2 is 2.11 bits per heavy atom. The third-order valence-electron chi connectivity index (χ3n) is 3.01. The van der Waals surface area contributed by atoms with E-state index in [1.807, 2.05) is 0 Å². The number of nitro benzene ring substituents is 1. The second-order valence-electron chi connectivity index (χ2n) is 4.65. The molecule has 6 nitrogen and oxygen atoms in total. The Hall–Kier alpha value is -1.66. The van der Waals surface area contributed by atoms with E-state index in [0.717, 1.165) is 0 Å². The molecule has 0 saturated carbocycles. The van der Waals surface area contributed by atoms with Crippen molar-refractivity contribution in [1.29, 1.82) is 0 Å². The molecule has 1 aromatic rings. The number of nitro groups is 1. The van der Waals surface area contributed by atoms with Crippen molar-refractivity contribution in [2.24, 2.45) is 11.1 Å². The molecule has 0 heterocycles. The van der Waals surface area contributed by atoms with Crippen molar-refractivity contribution in [3.8, 4) is 0 Å². The lowest BCUT2D eigenvalue weighted by atomic mass is 9.81. The number of esters is 1. The SMILES string of the molecule is COC(=O)C(C)(C)[C@@H](N)c1cc([N+](=O)[O-])ccc1Cl. The van der Waals surface area contributed by atoms with Crippen LogP contribution in [0.3, 0.4) is 0 Å². The van der Waals surface area contributed by atoms with Crippen molar-refractivity contribution < 1.29 is 14.5 Å². The lowest BCUT2D eigenvalue weighted by Crippen LogP contribution is -2.37. The first kappa shape index (κ1) is 15.4. The molecule has 0 spiro atoms. The highest BCUT2D eigenvalue weighted by atomic mass is 35.5. The summed E-state index contributed by atoms with van der Waals surface area (Å²) in [5.41, 5.74) is 5.17. The van der Waals surface area contributed by atoms with Crippen molar-refractivity contribution in [1.82, 2.24) is 0 Å². The number of halogens is 1. The molecule has 104 valence electrons. The molecule has 0 aliphatic carbocycles. The first-order valence-corrected chi connectivity index (χ1v) is 5.87. The predicted molar refractivity (Wildman–Crippen MR) is 70.8 cm³/mol. The Balaban J connectivity index is 3.25. The maximum absolute atomic E-state index is 11.7. The molecule has 2 N–H and O–H groups in total. The number of non-ortho nitro benzene ring substituents is 1. The minimum absolute atomic E-state index is 0.129. The van der Waals surface area contributed by atoms with E-state index >= 15 is 0 Å². The third-order valence-corrected chi connectivity index (χ3v) is 3.36. The number of carbonyl (C=O) groups is 1. The van der Waals surface area contributed by atoms with Gasteiger partial charge in [0.1, 0.15) is 0 Å². The highest BCUT2D eigenvalue weighted by Crippen LogP contribution is 2.37. The summed E-state index contributed by atoms with van der Waals surface area (Å²) in [6.45, 7) is 3.19. The number of rotatable bonds is 4. The Morgan fingerprint density at radius 3 is 2.58 bits per heavy atom. The zero-order valence-corrected chi connectivity index (χ0v) is 11.6. The molecule has 0 amide bonds. The number of methoxy groups -OCH3 is 1. The summed E-state index contributed by atoms with van der Waals surface area (Å²) in [4.78, 5) is 21.9. The molecule has 0 unspecified atom stereocenters. The van der Waals surface area contributed by atoms with Crippen LogP contribution in [0.5, 0.6) is 0 Å². The number of hydrogen-bond donors (Lipinski definition) is 1. The number of benzene rings is 1. The molecule has 1 rings (SSSR count). The fraction of sp³-hybridized carbons (Fsp3) is 0.417. The minimum atomic E-state index is -1.05. The number of hydrogen-bond acceptors (Lipinski definition) is 5. The van der Waals surface area contributed by atoms with Crippen LogP contribution in [0.15, 0.2) is 18.2 Å². The number of nitrogens with two attached hydrogens (primary N) is 1. The zero-order valence-electron chi connectivity index (χ0n) is 10.8. The van der Waals surface area contributed by atoms with Gasteiger partial charge < -0.3 is 10.5 Å². The average Bonchev–Trinajstić information content (AvgIpc) is 2.36. The van der Waals surface area contributed by atoms with E-state index < -0.39 is 22.3 Å². The van der Waals surface area contributed by atoms with Crippen molar-refractivity contribution in [3.63, 3.8) is 0 Å². The quantitative estimate of drug-likeness (QED) is 0.521. The van der Waals surface area contributed by atoms with Crippen molar-refractivity contribution in [2.45, 2.75) is 19.9 Å². The summed E-state index contributed by atoms with van der Waals surface area (Å²) >= 11 is 5.99. The number of nitrogens with zero attached hydrogens (tertiary/aromatic N) is 1. The molecule has 0 aromatic heterocycles. The van der Waals surface area contributed by atoms with Gasteiger partial charge >= 0.3 is 5.97 Å². The second kappa shape index (κ2) is 5.54. The topological polar surface area (TPSA) is 95.5 Å². The first-order valence-electron chi connectivity index (χ1n) is 5.49. The molecule has 1 atom stereocenters. The average molecular weight is 287 g/mol. The van der Waals surface area contributed by atoms with Gasteiger partial charge in [0.15, 0.2) is 0 Å². The van der Waals surface area contributed by atoms with Crippen LogP contribution in [0.25, 0.3) is 0 Å². The Bertz CT molecular complexity index is 516. The van der Waals surface area contributed by atoms with E-state index in [-0.39, 0.29) is 10.7 Å². The summed E-state index contributed by atoms with van der Waals surface area (Å²) in [5.74, 6) is -0.512. The Morgan fingerprint density at radius 1 is 1.53 bits per heavy atom. The summed E-state index contributed by atoms with van der Waals surface area (Å²) in [7, 11) is 1.26. The van der Waals surface area contributed by atoms with Crippen LogP contribution in [0.2, 0.25) is 5.02 Å². The molecule has 0 radical (unpaired) electrons. The van der Waals surface area contributed by atoms with E-state index in [9.17, 15) is 14.9 Å². The molecule has 7 heteroatoms. The molecule has 0 aliphatic heterocycles. The van der Waals surface area contributed by atoms with Gasteiger partial charge in [-0.15, -0.1) is 0 Å². The van der Waals surface area contributed by atoms with Gasteiger partial charge in [0.25, 0.3) is 5.69 Å². The van der Waals surface area contributed by atoms with E-state index in [1.54, 1.807) is 13.8 Å². The fourth-order valence-electron chi connectivity index (χ4n) is 1.66. The molecular formula is C12H15ClN2O4. The van der Waals surface area contributed by atoms with Crippen molar-refractivity contribution in [3.05, 3.63) is 38.9 Å². The van der Waals surface area contributed by atoms with Gasteiger partial charge in [0, 0.05) is 23.2 Å². The monoisotopic (exact) mass is 286 g/mol. The Kier molecular flexibility index (Phi) is 4.49. The van der Waals surface area contributed by atoms with Crippen LogP contribution in [0.1, 0.15) is 25.5 Å². The van der Waals surface area contributed by atoms with Gasteiger partial charge in [0.2, 0.25) is 0 Å². The van der Waals surface area contributed by atoms with Crippen LogP contribution in [-0.4, -0.2) is 18.0 Å².